The van der Waals surface area contributed by atoms with E-state index in [0.717, 1.165) is 5.56 Å². The Balaban J connectivity index is 0.00000484. The van der Waals surface area contributed by atoms with Crippen molar-refractivity contribution in [2.45, 2.75) is 52.0 Å². The van der Waals surface area contributed by atoms with Crippen molar-refractivity contribution in [1.82, 2.24) is 5.32 Å². The van der Waals surface area contributed by atoms with Crippen LogP contribution in [0, 0.1) is 0 Å². The number of benzene rings is 1. The molecule has 2 N–H and O–H groups in total. The highest BCUT2D eigenvalue weighted by Crippen LogP contribution is 2.09. The lowest BCUT2D eigenvalue weighted by Crippen LogP contribution is -2.50. The van der Waals surface area contributed by atoms with E-state index in [1.54, 1.807) is 27.7 Å². The zero-order valence-corrected chi connectivity index (χ0v) is 14.6. The fourth-order valence-corrected chi connectivity index (χ4v) is 1.71. The van der Waals surface area contributed by atoms with Crippen LogP contribution in [0.25, 0.3) is 0 Å². The van der Waals surface area contributed by atoms with Crippen LogP contribution in [-0.2, 0) is 20.9 Å². The van der Waals surface area contributed by atoms with Gasteiger partial charge in [-0.3, -0.25) is 0 Å². The Morgan fingerprint density at radius 2 is 1.78 bits per heavy atom. The maximum absolute atomic E-state index is 11.7. The second-order valence-corrected chi connectivity index (χ2v) is 5.96. The number of halogens is 1. The van der Waals surface area contributed by atoms with Gasteiger partial charge in [0.15, 0.2) is 6.04 Å². The van der Waals surface area contributed by atoms with E-state index in [-0.39, 0.29) is 19.0 Å². The topological polar surface area (TPSA) is 84.9 Å². The van der Waals surface area contributed by atoms with E-state index in [0.29, 0.717) is 0 Å². The number of carboxylic acids is 1. The molecule has 1 aromatic carbocycles. The predicted octanol–water partition coefficient (Wildman–Crippen LogP) is 2.99. The first-order valence-electron chi connectivity index (χ1n) is 7.07. The zero-order chi connectivity index (χ0) is 16.8. The molecule has 23 heavy (non-hydrogen) atoms. The first kappa shape index (κ1) is 21.2. The van der Waals surface area contributed by atoms with Crippen LogP contribution in [0.5, 0.6) is 0 Å². The molecule has 7 heteroatoms. The van der Waals surface area contributed by atoms with Crippen molar-refractivity contribution >= 4 is 24.5 Å². The third-order valence-electron chi connectivity index (χ3n) is 2.76. The minimum atomic E-state index is -1.18. The van der Waals surface area contributed by atoms with Gasteiger partial charge in [0, 0.05) is 0 Å². The van der Waals surface area contributed by atoms with Crippen molar-refractivity contribution in [3.8, 4) is 0 Å². The van der Waals surface area contributed by atoms with Crippen molar-refractivity contribution in [3.05, 3.63) is 35.9 Å². The summed E-state index contributed by atoms with van der Waals surface area (Å²) in [6, 6.07) is 8.21. The maximum atomic E-state index is 11.7. The molecule has 0 radical (unpaired) electrons. The van der Waals surface area contributed by atoms with Gasteiger partial charge in [-0.1, -0.05) is 30.3 Å². The van der Waals surface area contributed by atoms with Crippen LogP contribution in [0.3, 0.4) is 0 Å². The summed E-state index contributed by atoms with van der Waals surface area (Å²) in [6.45, 7) is 6.98. The monoisotopic (exact) mass is 345 g/mol. The number of alkyl carbamates (subject to hydrolysis) is 1. The van der Waals surface area contributed by atoms with E-state index in [1.165, 1.54) is 0 Å². The fourth-order valence-electron chi connectivity index (χ4n) is 1.71. The summed E-state index contributed by atoms with van der Waals surface area (Å²) in [7, 11) is 0. The summed E-state index contributed by atoms with van der Waals surface area (Å²) >= 11 is 0. The molecule has 1 amide bonds. The highest BCUT2D eigenvalue weighted by molar-refractivity contribution is 5.85. The van der Waals surface area contributed by atoms with Crippen LogP contribution in [-0.4, -0.2) is 34.9 Å². The van der Waals surface area contributed by atoms with Crippen molar-refractivity contribution in [3.63, 3.8) is 0 Å². The molecule has 0 aliphatic heterocycles. The van der Waals surface area contributed by atoms with Gasteiger partial charge < -0.3 is 19.9 Å². The first-order chi connectivity index (χ1) is 10.2. The number of ether oxygens (including phenoxy) is 2. The van der Waals surface area contributed by atoms with E-state index in [2.05, 4.69) is 5.32 Å². The number of hydrogen-bond donors (Lipinski definition) is 2. The molecule has 0 saturated heterocycles. The van der Waals surface area contributed by atoms with Gasteiger partial charge in [0.1, 0.15) is 5.60 Å². The van der Waals surface area contributed by atoms with Crippen molar-refractivity contribution in [1.29, 1.82) is 0 Å². The third-order valence-corrected chi connectivity index (χ3v) is 2.76. The molecule has 0 spiro atoms. The Morgan fingerprint density at radius 1 is 1.22 bits per heavy atom. The van der Waals surface area contributed by atoms with Crippen LogP contribution in [0.1, 0.15) is 33.3 Å². The maximum Gasteiger partial charge on any atom is 0.408 e. The molecule has 0 unspecified atom stereocenters. The Hall–Kier alpha value is -1.79. The summed E-state index contributed by atoms with van der Waals surface area (Å²) in [5, 5.41) is 11.6. The summed E-state index contributed by atoms with van der Waals surface area (Å²) in [6.07, 6.45) is -1.49. The molecular formula is C16H24ClNO5. The van der Waals surface area contributed by atoms with Gasteiger partial charge in [0.05, 0.1) is 12.7 Å². The van der Waals surface area contributed by atoms with Crippen LogP contribution >= 0.6 is 12.4 Å². The lowest BCUT2D eigenvalue weighted by molar-refractivity contribution is -0.143. The molecule has 0 aliphatic carbocycles. The standard InChI is InChI=1S/C16H23NO5.ClH/c1-11(21-10-12-8-6-5-7-9-12)13(14(18)19)17-15(20)22-16(2,3)4;/h5-9,11,13H,10H2,1-4H3,(H,17,20)(H,18,19);1H/t11-,13+;/m1./s1. The molecule has 0 heterocycles. The van der Waals surface area contributed by atoms with E-state index in [1.807, 2.05) is 30.3 Å². The number of nitrogens with one attached hydrogen (secondary N) is 1. The SMILES string of the molecule is C[C@@H](OCc1ccccc1)[C@H](NC(=O)OC(C)(C)C)C(=O)O.Cl. The molecule has 2 atom stereocenters. The lowest BCUT2D eigenvalue weighted by atomic mass is 10.1. The largest absolute Gasteiger partial charge is 0.480 e. The third kappa shape index (κ3) is 8.42. The van der Waals surface area contributed by atoms with E-state index < -0.39 is 29.8 Å². The second kappa shape index (κ2) is 9.37. The molecule has 0 bridgehead atoms. The van der Waals surface area contributed by atoms with Crippen LogP contribution in [0.4, 0.5) is 4.79 Å². The minimum Gasteiger partial charge on any atom is -0.480 e. The highest BCUT2D eigenvalue weighted by Gasteiger charge is 2.29. The quantitative estimate of drug-likeness (QED) is 0.827. The Morgan fingerprint density at radius 3 is 2.26 bits per heavy atom. The summed E-state index contributed by atoms with van der Waals surface area (Å²) in [5.74, 6) is -1.17. The molecule has 6 nitrogen and oxygen atoms in total. The Kier molecular flexibility index (Phi) is 8.64. The highest BCUT2D eigenvalue weighted by atomic mass is 35.5. The van der Waals surface area contributed by atoms with Gasteiger partial charge in [-0.15, -0.1) is 12.4 Å². The second-order valence-electron chi connectivity index (χ2n) is 5.96. The number of rotatable bonds is 6. The summed E-state index contributed by atoms with van der Waals surface area (Å²) < 4.78 is 10.6. The molecule has 1 aromatic rings. The molecule has 0 saturated carbocycles. The molecule has 0 fully saturated rings. The average molecular weight is 346 g/mol. The van der Waals surface area contributed by atoms with E-state index in [9.17, 15) is 14.7 Å². The van der Waals surface area contributed by atoms with Gasteiger partial charge >= 0.3 is 12.1 Å². The number of carbonyl (C=O) groups is 2. The normalized spacial score (nSPS) is 13.4. The predicted molar refractivity (Wildman–Crippen MR) is 88.7 cm³/mol. The molecule has 0 aromatic heterocycles. The van der Waals surface area contributed by atoms with Crippen molar-refractivity contribution in [2.24, 2.45) is 0 Å². The summed E-state index contributed by atoms with van der Waals surface area (Å²) in [5.41, 5.74) is 0.233. The average Bonchev–Trinajstić information content (AvgIpc) is 2.41. The van der Waals surface area contributed by atoms with Gasteiger partial charge in [-0.25, -0.2) is 9.59 Å². The van der Waals surface area contributed by atoms with Crippen LogP contribution in [0.2, 0.25) is 0 Å². The number of aliphatic carboxylic acids is 1. The Labute approximate surface area is 142 Å². The first-order valence-corrected chi connectivity index (χ1v) is 7.07. The fraction of sp³-hybridized carbons (Fsp3) is 0.500. The Bertz CT molecular complexity index is 501. The smallest absolute Gasteiger partial charge is 0.408 e. The molecular weight excluding hydrogens is 322 g/mol. The van der Waals surface area contributed by atoms with Crippen molar-refractivity contribution in [2.75, 3.05) is 0 Å². The lowest BCUT2D eigenvalue weighted by Gasteiger charge is -2.25. The molecule has 0 aliphatic rings. The van der Waals surface area contributed by atoms with Gasteiger partial charge in [-0.2, -0.15) is 0 Å². The summed E-state index contributed by atoms with van der Waals surface area (Å²) in [4.78, 5) is 23.0. The van der Waals surface area contributed by atoms with Crippen LogP contribution in [0.15, 0.2) is 30.3 Å². The van der Waals surface area contributed by atoms with E-state index in [4.69, 9.17) is 9.47 Å². The zero-order valence-electron chi connectivity index (χ0n) is 13.7. The number of carboxylic acid groups (broad SMARTS) is 1. The number of carbonyl (C=O) groups excluding carboxylic acids is 1. The van der Waals surface area contributed by atoms with Gasteiger partial charge in [0.25, 0.3) is 0 Å². The molecule has 1 rings (SSSR count). The molecule has 130 valence electrons. The minimum absolute atomic E-state index is 0. The van der Waals surface area contributed by atoms with E-state index >= 15 is 0 Å². The van der Waals surface area contributed by atoms with Crippen molar-refractivity contribution < 1.29 is 24.2 Å². The number of hydrogen-bond acceptors (Lipinski definition) is 4. The van der Waals surface area contributed by atoms with Crippen LogP contribution < -0.4 is 5.32 Å². The van der Waals surface area contributed by atoms with Gasteiger partial charge in [0.2, 0.25) is 0 Å². The van der Waals surface area contributed by atoms with Gasteiger partial charge in [-0.05, 0) is 33.3 Å². The number of amides is 1.